The van der Waals surface area contributed by atoms with Gasteiger partial charge in [-0.15, -0.1) is 11.3 Å². The molecule has 1 radical (unpaired) electrons. The Hall–Kier alpha value is -1.20. The molecule has 5 heteroatoms. The highest BCUT2D eigenvalue weighted by molar-refractivity contribution is 7.16. The maximum atomic E-state index is 4.38. The molecule has 0 unspecified atom stereocenters. The highest BCUT2D eigenvalue weighted by Crippen LogP contribution is 2.26. The van der Waals surface area contributed by atoms with Crippen LogP contribution in [0.1, 0.15) is 0 Å². The molecule has 3 rings (SSSR count). The average Bonchev–Trinajstić information content (AvgIpc) is 2.78. The number of rotatable bonds is 1. The van der Waals surface area contributed by atoms with Crippen molar-refractivity contribution in [3.05, 3.63) is 17.8 Å². The summed E-state index contributed by atoms with van der Waals surface area (Å²) in [5, 5.41) is 7.58. The van der Waals surface area contributed by atoms with Gasteiger partial charge in [0.1, 0.15) is 17.0 Å². The maximum absolute atomic E-state index is 4.38. The zero-order valence-electron chi connectivity index (χ0n) is 8.26. The van der Waals surface area contributed by atoms with Crippen LogP contribution in [0.2, 0.25) is 0 Å². The Bertz CT molecular complexity index is 461. The third-order valence-electron chi connectivity index (χ3n) is 2.60. The number of aromatic nitrogens is 2. The highest BCUT2D eigenvalue weighted by Gasteiger charge is 2.15. The van der Waals surface area contributed by atoms with E-state index in [-0.39, 0.29) is 0 Å². The van der Waals surface area contributed by atoms with Crippen LogP contribution in [-0.2, 0) is 0 Å². The van der Waals surface area contributed by atoms with E-state index in [2.05, 4.69) is 31.6 Å². The number of piperazine rings is 1. The van der Waals surface area contributed by atoms with Gasteiger partial charge in [0.2, 0.25) is 0 Å². The van der Waals surface area contributed by atoms with Crippen LogP contribution in [0.4, 0.5) is 5.82 Å². The molecule has 3 heterocycles. The van der Waals surface area contributed by atoms with E-state index in [4.69, 9.17) is 0 Å². The lowest BCUT2D eigenvalue weighted by Crippen LogP contribution is -2.40. The molecule has 0 saturated carbocycles. The van der Waals surface area contributed by atoms with E-state index < -0.39 is 0 Å². The molecular formula is C10H11N4S. The van der Waals surface area contributed by atoms with E-state index in [1.54, 1.807) is 17.7 Å². The third-order valence-corrected chi connectivity index (χ3v) is 3.42. The molecule has 1 fully saturated rings. The van der Waals surface area contributed by atoms with E-state index >= 15 is 0 Å². The van der Waals surface area contributed by atoms with Crippen molar-refractivity contribution in [2.75, 3.05) is 31.1 Å². The summed E-state index contributed by atoms with van der Waals surface area (Å²) >= 11 is 1.66. The zero-order chi connectivity index (χ0) is 10.1. The van der Waals surface area contributed by atoms with Gasteiger partial charge >= 0.3 is 0 Å². The molecule has 0 aliphatic carbocycles. The van der Waals surface area contributed by atoms with Crippen molar-refractivity contribution in [2.45, 2.75) is 0 Å². The smallest absolute Gasteiger partial charge is 0.140 e. The van der Waals surface area contributed by atoms with Gasteiger partial charge in [-0.25, -0.2) is 15.3 Å². The second-order valence-electron chi connectivity index (χ2n) is 3.49. The number of thiophene rings is 1. The first-order valence-electron chi connectivity index (χ1n) is 5.01. The fourth-order valence-electron chi connectivity index (χ4n) is 1.85. The van der Waals surface area contributed by atoms with Gasteiger partial charge in [-0.2, -0.15) is 0 Å². The van der Waals surface area contributed by atoms with Crippen LogP contribution in [0.3, 0.4) is 0 Å². The van der Waals surface area contributed by atoms with Crippen LogP contribution in [-0.4, -0.2) is 36.1 Å². The van der Waals surface area contributed by atoms with Crippen LogP contribution in [0.5, 0.6) is 0 Å². The molecule has 0 atom stereocenters. The summed E-state index contributed by atoms with van der Waals surface area (Å²) in [6.07, 6.45) is 1.65. The van der Waals surface area contributed by atoms with Gasteiger partial charge in [-0.1, -0.05) is 0 Å². The van der Waals surface area contributed by atoms with Crippen molar-refractivity contribution in [3.8, 4) is 0 Å². The molecule has 1 aliphatic rings. The Balaban J connectivity index is 2.05. The summed E-state index contributed by atoms with van der Waals surface area (Å²) < 4.78 is 0. The first kappa shape index (κ1) is 9.06. The Kier molecular flexibility index (Phi) is 2.26. The molecule has 1 aliphatic heterocycles. The number of anilines is 1. The number of hydrogen-bond acceptors (Lipinski definition) is 4. The van der Waals surface area contributed by atoms with Crippen molar-refractivity contribution in [1.29, 1.82) is 0 Å². The number of hydrogen-bond donors (Lipinski definition) is 0. The van der Waals surface area contributed by atoms with Gasteiger partial charge in [0.15, 0.2) is 0 Å². The predicted molar refractivity (Wildman–Crippen MR) is 61.5 cm³/mol. The van der Waals surface area contributed by atoms with E-state index in [0.29, 0.717) is 0 Å². The average molecular weight is 219 g/mol. The van der Waals surface area contributed by atoms with Crippen molar-refractivity contribution in [2.24, 2.45) is 0 Å². The van der Waals surface area contributed by atoms with Crippen molar-refractivity contribution in [3.63, 3.8) is 0 Å². The molecule has 15 heavy (non-hydrogen) atoms. The van der Waals surface area contributed by atoms with E-state index in [1.807, 2.05) is 0 Å². The van der Waals surface area contributed by atoms with Gasteiger partial charge in [0.25, 0.3) is 0 Å². The molecular weight excluding hydrogens is 208 g/mol. The Morgan fingerprint density at radius 1 is 1.20 bits per heavy atom. The molecule has 0 aromatic carbocycles. The van der Waals surface area contributed by atoms with E-state index in [9.17, 15) is 0 Å². The third kappa shape index (κ3) is 1.57. The minimum absolute atomic E-state index is 0.912. The molecule has 0 N–H and O–H groups in total. The lowest BCUT2D eigenvalue weighted by molar-refractivity contribution is 0.576. The normalized spacial score (nSPS) is 17.2. The predicted octanol–water partition coefficient (Wildman–Crippen LogP) is 1.12. The molecule has 4 nitrogen and oxygen atoms in total. The van der Waals surface area contributed by atoms with Gasteiger partial charge < -0.3 is 4.90 Å². The van der Waals surface area contributed by atoms with Gasteiger partial charge in [0, 0.05) is 26.2 Å². The van der Waals surface area contributed by atoms with Crippen molar-refractivity contribution >= 4 is 27.4 Å². The zero-order valence-corrected chi connectivity index (χ0v) is 9.07. The van der Waals surface area contributed by atoms with Crippen LogP contribution in [0, 0.1) is 0 Å². The lowest BCUT2D eigenvalue weighted by atomic mass is 10.3. The number of fused-ring (bicyclic) bond motifs is 1. The first-order chi connectivity index (χ1) is 7.45. The van der Waals surface area contributed by atoms with Crippen LogP contribution < -0.4 is 10.2 Å². The van der Waals surface area contributed by atoms with E-state index in [1.165, 1.54) is 5.39 Å². The van der Waals surface area contributed by atoms with Gasteiger partial charge in [-0.05, 0) is 11.4 Å². The molecule has 0 bridgehead atoms. The Morgan fingerprint density at radius 2 is 2.07 bits per heavy atom. The highest BCUT2D eigenvalue weighted by atomic mass is 32.1. The van der Waals surface area contributed by atoms with Crippen LogP contribution >= 0.6 is 11.3 Å². The molecule has 1 saturated heterocycles. The molecule has 2 aromatic heterocycles. The van der Waals surface area contributed by atoms with E-state index in [0.717, 1.165) is 36.8 Å². The quantitative estimate of drug-likeness (QED) is 0.721. The molecule has 0 spiro atoms. The Morgan fingerprint density at radius 3 is 2.93 bits per heavy atom. The summed E-state index contributed by atoms with van der Waals surface area (Å²) in [7, 11) is 0. The van der Waals surface area contributed by atoms with Gasteiger partial charge in [-0.3, -0.25) is 0 Å². The lowest BCUT2D eigenvalue weighted by Gasteiger charge is -2.27. The molecule has 77 valence electrons. The first-order valence-corrected chi connectivity index (χ1v) is 5.89. The van der Waals surface area contributed by atoms with Crippen LogP contribution in [0.25, 0.3) is 10.2 Å². The summed E-state index contributed by atoms with van der Waals surface area (Å²) in [5.41, 5.74) is 0. The van der Waals surface area contributed by atoms with Gasteiger partial charge in [0.05, 0.1) is 5.39 Å². The summed E-state index contributed by atoms with van der Waals surface area (Å²) in [6.45, 7) is 3.77. The fraction of sp³-hybridized carbons (Fsp3) is 0.400. The minimum Gasteiger partial charge on any atom is -0.353 e. The van der Waals surface area contributed by atoms with Crippen molar-refractivity contribution < 1.29 is 0 Å². The fourth-order valence-corrected chi connectivity index (χ4v) is 2.57. The Labute approximate surface area is 92.0 Å². The summed E-state index contributed by atoms with van der Waals surface area (Å²) in [4.78, 5) is 12.0. The molecule has 0 amide bonds. The van der Waals surface area contributed by atoms with Crippen molar-refractivity contribution in [1.82, 2.24) is 15.3 Å². The number of nitrogens with zero attached hydrogens (tertiary/aromatic N) is 4. The maximum Gasteiger partial charge on any atom is 0.140 e. The minimum atomic E-state index is 0.912. The second kappa shape index (κ2) is 3.75. The largest absolute Gasteiger partial charge is 0.353 e. The topological polar surface area (TPSA) is 43.1 Å². The monoisotopic (exact) mass is 219 g/mol. The molecule has 2 aromatic rings. The summed E-state index contributed by atoms with van der Waals surface area (Å²) in [5.74, 6) is 1.07. The van der Waals surface area contributed by atoms with Crippen LogP contribution in [0.15, 0.2) is 17.8 Å². The standard InChI is InChI=1S/C10H11N4S/c1-6-15-10-8(1)9(12-7-13-10)14-4-2-11-3-5-14/h1,6-7H,2-5H2. The SMILES string of the molecule is c1nc(N2CC[N]CC2)c2ccsc2n1. The summed E-state index contributed by atoms with van der Waals surface area (Å²) in [6, 6.07) is 2.10. The second-order valence-corrected chi connectivity index (χ2v) is 4.39.